The van der Waals surface area contributed by atoms with E-state index in [1.54, 1.807) is 37.3 Å². The lowest BCUT2D eigenvalue weighted by atomic mass is 9.96. The number of hydrogen-bond acceptors (Lipinski definition) is 5. The molecular formula is C25H18ClF3N2O3S. The van der Waals surface area contributed by atoms with Crippen molar-refractivity contribution >= 4 is 34.0 Å². The Morgan fingerprint density at radius 1 is 1.06 bits per heavy atom. The van der Waals surface area contributed by atoms with Crippen LogP contribution in [0.15, 0.2) is 66.0 Å². The van der Waals surface area contributed by atoms with E-state index in [4.69, 9.17) is 16.3 Å². The van der Waals surface area contributed by atoms with Gasteiger partial charge in [-0.3, -0.25) is 10.1 Å². The second-order valence-corrected chi connectivity index (χ2v) is 8.66. The Bertz CT molecular complexity index is 1370. The number of carbonyl (C=O) groups excluding carboxylic acids is 1. The second kappa shape index (κ2) is 9.97. The van der Waals surface area contributed by atoms with Crippen LogP contribution in [-0.2, 0) is 0 Å². The van der Waals surface area contributed by atoms with E-state index in [9.17, 15) is 18.0 Å². The van der Waals surface area contributed by atoms with Gasteiger partial charge in [0.1, 0.15) is 11.5 Å². The molecule has 5 nitrogen and oxygen atoms in total. The summed E-state index contributed by atoms with van der Waals surface area (Å²) in [4.78, 5) is 17.5. The van der Waals surface area contributed by atoms with Crippen LogP contribution in [0.4, 0.5) is 18.3 Å². The van der Waals surface area contributed by atoms with Crippen molar-refractivity contribution in [3.63, 3.8) is 0 Å². The minimum atomic E-state index is -4.76. The van der Waals surface area contributed by atoms with Gasteiger partial charge in [-0.1, -0.05) is 35.9 Å². The third kappa shape index (κ3) is 5.75. The Hall–Kier alpha value is -3.56. The van der Waals surface area contributed by atoms with Gasteiger partial charge < -0.3 is 9.47 Å². The molecule has 0 fully saturated rings. The molecule has 1 heterocycles. The highest BCUT2D eigenvalue weighted by atomic mass is 35.5. The van der Waals surface area contributed by atoms with Crippen LogP contribution in [0.1, 0.15) is 15.9 Å². The van der Waals surface area contributed by atoms with Crippen molar-refractivity contribution in [1.82, 2.24) is 4.98 Å². The fraction of sp³-hybridized carbons (Fsp3) is 0.120. The number of hydrogen-bond donors (Lipinski definition) is 1. The Kier molecular flexibility index (Phi) is 7.00. The largest absolute Gasteiger partial charge is 0.573 e. The molecule has 0 atom stereocenters. The second-order valence-electron chi connectivity index (χ2n) is 7.39. The number of amides is 1. The molecule has 1 amide bonds. The summed E-state index contributed by atoms with van der Waals surface area (Å²) in [7, 11) is 1.53. The molecule has 0 aliphatic heterocycles. The van der Waals surface area contributed by atoms with E-state index in [0.717, 1.165) is 5.56 Å². The molecule has 4 rings (SSSR count). The first kappa shape index (κ1) is 24.6. The van der Waals surface area contributed by atoms with Gasteiger partial charge in [0.15, 0.2) is 5.13 Å². The minimum absolute atomic E-state index is 0.314. The van der Waals surface area contributed by atoms with E-state index in [1.807, 2.05) is 11.4 Å². The summed E-state index contributed by atoms with van der Waals surface area (Å²) < 4.78 is 46.3. The topological polar surface area (TPSA) is 60.5 Å². The zero-order chi connectivity index (χ0) is 25.2. The van der Waals surface area contributed by atoms with Crippen molar-refractivity contribution in [3.8, 4) is 33.9 Å². The normalized spacial score (nSPS) is 11.3. The molecule has 0 aliphatic carbocycles. The zero-order valence-electron chi connectivity index (χ0n) is 18.4. The van der Waals surface area contributed by atoms with Crippen LogP contribution < -0.4 is 14.8 Å². The van der Waals surface area contributed by atoms with E-state index in [2.05, 4.69) is 15.0 Å². The van der Waals surface area contributed by atoms with Gasteiger partial charge in [-0.15, -0.1) is 24.5 Å². The minimum Gasteiger partial charge on any atom is -0.495 e. The highest BCUT2D eigenvalue weighted by molar-refractivity contribution is 7.14. The maximum Gasteiger partial charge on any atom is 0.573 e. The van der Waals surface area contributed by atoms with Crippen LogP contribution in [0.3, 0.4) is 0 Å². The number of halogens is 4. The maximum absolute atomic E-state index is 13.0. The number of benzene rings is 3. The number of methoxy groups -OCH3 is 1. The van der Waals surface area contributed by atoms with E-state index in [1.165, 1.54) is 42.7 Å². The van der Waals surface area contributed by atoms with E-state index in [0.29, 0.717) is 43.9 Å². The maximum atomic E-state index is 13.0. The standard InChI is InChI=1S/C25H18ClF3N2O3S/c1-14-18(15-6-9-17(10-7-15)34-25(27,28)29)4-3-5-19(14)23(32)31-24-30-21(13-35-24)16-8-11-22(33-2)20(26)12-16/h3-13H,1-2H3,(H,30,31,32). The van der Waals surface area contributed by atoms with Crippen molar-refractivity contribution in [2.45, 2.75) is 13.3 Å². The fourth-order valence-corrected chi connectivity index (χ4v) is 4.46. The van der Waals surface area contributed by atoms with E-state index < -0.39 is 6.36 Å². The molecule has 0 aliphatic rings. The van der Waals surface area contributed by atoms with Gasteiger partial charge in [-0.2, -0.15) is 0 Å². The number of nitrogens with one attached hydrogen (secondary N) is 1. The van der Waals surface area contributed by atoms with Crippen molar-refractivity contribution < 1.29 is 27.4 Å². The highest BCUT2D eigenvalue weighted by Crippen LogP contribution is 2.33. The van der Waals surface area contributed by atoms with E-state index >= 15 is 0 Å². The van der Waals surface area contributed by atoms with Crippen LogP contribution in [0, 0.1) is 6.92 Å². The Morgan fingerprint density at radius 3 is 2.43 bits per heavy atom. The molecule has 0 saturated carbocycles. The van der Waals surface area contributed by atoms with Crippen LogP contribution in [-0.4, -0.2) is 24.4 Å². The lowest BCUT2D eigenvalue weighted by Crippen LogP contribution is -2.17. The quantitative estimate of drug-likeness (QED) is 0.285. The first-order chi connectivity index (χ1) is 16.6. The molecule has 0 radical (unpaired) electrons. The summed E-state index contributed by atoms with van der Waals surface area (Å²) in [6.07, 6.45) is -4.76. The van der Waals surface area contributed by atoms with Gasteiger partial charge in [0, 0.05) is 16.5 Å². The lowest BCUT2D eigenvalue weighted by Gasteiger charge is -2.12. The Balaban J connectivity index is 1.52. The smallest absolute Gasteiger partial charge is 0.495 e. The molecule has 0 saturated heterocycles. The van der Waals surface area contributed by atoms with Gasteiger partial charge in [0.05, 0.1) is 17.8 Å². The van der Waals surface area contributed by atoms with Crippen LogP contribution in [0.5, 0.6) is 11.5 Å². The van der Waals surface area contributed by atoms with Gasteiger partial charge >= 0.3 is 6.36 Å². The monoisotopic (exact) mass is 518 g/mol. The average molecular weight is 519 g/mol. The highest BCUT2D eigenvalue weighted by Gasteiger charge is 2.31. The van der Waals surface area contributed by atoms with Gasteiger partial charge in [0.25, 0.3) is 5.91 Å². The van der Waals surface area contributed by atoms with E-state index in [-0.39, 0.29) is 11.7 Å². The molecule has 0 bridgehead atoms. The number of thiazole rings is 1. The summed E-state index contributed by atoms with van der Waals surface area (Å²) in [6.45, 7) is 1.77. The molecule has 1 aromatic heterocycles. The van der Waals surface area contributed by atoms with Crippen molar-refractivity contribution in [1.29, 1.82) is 0 Å². The van der Waals surface area contributed by atoms with Crippen molar-refractivity contribution in [2.24, 2.45) is 0 Å². The molecule has 35 heavy (non-hydrogen) atoms. The fourth-order valence-electron chi connectivity index (χ4n) is 3.48. The van der Waals surface area contributed by atoms with Gasteiger partial charge in [0.2, 0.25) is 0 Å². The summed E-state index contributed by atoms with van der Waals surface area (Å²) in [5.74, 6) is -0.113. The molecule has 1 N–H and O–H groups in total. The molecule has 0 spiro atoms. The molecule has 4 aromatic rings. The number of nitrogens with zero attached hydrogens (tertiary/aromatic N) is 1. The SMILES string of the molecule is COc1ccc(-c2csc(NC(=O)c3cccc(-c4ccc(OC(F)(F)F)cc4)c3C)n2)cc1Cl. The number of aromatic nitrogens is 1. The summed E-state index contributed by atoms with van der Waals surface area (Å²) >= 11 is 7.47. The predicted molar refractivity (Wildman–Crippen MR) is 130 cm³/mol. The van der Waals surface area contributed by atoms with Crippen LogP contribution >= 0.6 is 22.9 Å². The molecule has 3 aromatic carbocycles. The molecule has 0 unspecified atom stereocenters. The average Bonchev–Trinajstić information content (AvgIpc) is 3.27. The lowest BCUT2D eigenvalue weighted by molar-refractivity contribution is -0.274. The Labute approximate surface area is 208 Å². The molecule has 180 valence electrons. The first-order valence-electron chi connectivity index (χ1n) is 10.2. The zero-order valence-corrected chi connectivity index (χ0v) is 20.0. The van der Waals surface area contributed by atoms with Crippen molar-refractivity contribution in [3.05, 3.63) is 82.2 Å². The Morgan fingerprint density at radius 2 is 1.77 bits per heavy atom. The number of carbonyl (C=O) groups is 1. The third-order valence-electron chi connectivity index (χ3n) is 5.15. The number of rotatable bonds is 6. The number of alkyl halides is 3. The van der Waals surface area contributed by atoms with Gasteiger partial charge in [-0.05, 0) is 60.0 Å². The van der Waals surface area contributed by atoms with Gasteiger partial charge in [-0.25, -0.2) is 4.98 Å². The predicted octanol–water partition coefficient (Wildman–Crippen LogP) is 7.60. The first-order valence-corrected chi connectivity index (χ1v) is 11.5. The summed E-state index contributed by atoms with van der Waals surface area (Å²) in [5, 5.41) is 5.48. The molecular weight excluding hydrogens is 501 g/mol. The number of anilines is 1. The summed E-state index contributed by atoms with van der Waals surface area (Å²) in [5.41, 5.74) is 3.89. The number of ether oxygens (including phenoxy) is 2. The third-order valence-corrected chi connectivity index (χ3v) is 6.20. The summed E-state index contributed by atoms with van der Waals surface area (Å²) in [6, 6.07) is 16.0. The van der Waals surface area contributed by atoms with Crippen LogP contribution in [0.25, 0.3) is 22.4 Å². The van der Waals surface area contributed by atoms with Crippen LogP contribution in [0.2, 0.25) is 5.02 Å². The van der Waals surface area contributed by atoms with Crippen molar-refractivity contribution in [2.75, 3.05) is 12.4 Å². The molecule has 10 heteroatoms.